The smallest absolute Gasteiger partial charge is 0.319 e. The molecule has 0 bridgehead atoms. The van der Waals surface area contributed by atoms with E-state index < -0.39 is 0 Å². The van der Waals surface area contributed by atoms with Gasteiger partial charge in [-0.2, -0.15) is 5.10 Å². The lowest BCUT2D eigenvalue weighted by molar-refractivity contribution is -0.139. The van der Waals surface area contributed by atoms with Gasteiger partial charge in [-0.25, -0.2) is 4.79 Å². The molecule has 142 valence electrons. The zero-order valence-corrected chi connectivity index (χ0v) is 15.6. The van der Waals surface area contributed by atoms with Gasteiger partial charge in [0.25, 0.3) is 0 Å². The SMILES string of the molecule is Cc1ccccc1NC(=O)NCc1cc2n(n1)CCN(C(=O)C1CCC1)C2. The summed E-state index contributed by atoms with van der Waals surface area (Å²) in [5, 5.41) is 10.3. The summed E-state index contributed by atoms with van der Waals surface area (Å²) in [6.07, 6.45) is 3.22. The monoisotopic (exact) mass is 367 g/mol. The lowest BCUT2D eigenvalue weighted by Crippen LogP contribution is -2.43. The molecular formula is C20H25N5O2. The molecule has 2 aromatic rings. The number of aryl methyl sites for hydroxylation is 1. The third-order valence-electron chi connectivity index (χ3n) is 5.44. The second-order valence-electron chi connectivity index (χ2n) is 7.36. The maximum Gasteiger partial charge on any atom is 0.319 e. The maximum atomic E-state index is 12.4. The van der Waals surface area contributed by atoms with Crippen molar-refractivity contribution in [2.45, 2.75) is 45.8 Å². The first-order valence-electron chi connectivity index (χ1n) is 9.55. The van der Waals surface area contributed by atoms with Crippen molar-refractivity contribution < 1.29 is 9.59 Å². The summed E-state index contributed by atoms with van der Waals surface area (Å²) in [5.41, 5.74) is 3.65. The van der Waals surface area contributed by atoms with E-state index in [0.29, 0.717) is 26.2 Å². The number of amides is 3. The number of hydrogen-bond donors (Lipinski definition) is 2. The first kappa shape index (κ1) is 17.6. The second-order valence-corrected chi connectivity index (χ2v) is 7.36. The third-order valence-corrected chi connectivity index (χ3v) is 5.44. The molecule has 0 saturated heterocycles. The average Bonchev–Trinajstić information content (AvgIpc) is 3.02. The fraction of sp³-hybridized carbons (Fsp3) is 0.450. The minimum atomic E-state index is -0.253. The molecule has 1 aromatic heterocycles. The quantitative estimate of drug-likeness (QED) is 0.872. The maximum absolute atomic E-state index is 12.4. The molecule has 7 nitrogen and oxygen atoms in total. The second kappa shape index (κ2) is 7.42. The van der Waals surface area contributed by atoms with E-state index in [1.165, 1.54) is 6.42 Å². The molecule has 0 spiro atoms. The largest absolute Gasteiger partial charge is 0.335 e. The van der Waals surface area contributed by atoms with Gasteiger partial charge in [0.15, 0.2) is 0 Å². The Bertz CT molecular complexity index is 856. The Hall–Kier alpha value is -2.83. The molecule has 1 aromatic carbocycles. The number of carbonyl (C=O) groups excluding carboxylic acids is 2. The van der Waals surface area contributed by atoms with Gasteiger partial charge in [-0.05, 0) is 37.5 Å². The molecule has 1 aliphatic carbocycles. The summed E-state index contributed by atoms with van der Waals surface area (Å²) in [7, 11) is 0. The number of rotatable bonds is 4. The first-order chi connectivity index (χ1) is 13.1. The fourth-order valence-corrected chi connectivity index (χ4v) is 3.56. The summed E-state index contributed by atoms with van der Waals surface area (Å²) in [6, 6.07) is 9.38. The van der Waals surface area contributed by atoms with Crippen LogP contribution in [0, 0.1) is 12.8 Å². The van der Waals surface area contributed by atoms with Crippen molar-refractivity contribution in [2.75, 3.05) is 11.9 Å². The van der Waals surface area contributed by atoms with Gasteiger partial charge in [0.1, 0.15) is 0 Å². The number of benzene rings is 1. The number of urea groups is 1. The summed E-state index contributed by atoms with van der Waals surface area (Å²) in [6.45, 7) is 4.34. The highest BCUT2D eigenvalue weighted by molar-refractivity contribution is 5.89. The van der Waals surface area contributed by atoms with Crippen LogP contribution in [0.5, 0.6) is 0 Å². The van der Waals surface area contributed by atoms with Crippen LogP contribution in [0.4, 0.5) is 10.5 Å². The van der Waals surface area contributed by atoms with Crippen LogP contribution in [0.15, 0.2) is 30.3 Å². The van der Waals surface area contributed by atoms with E-state index in [2.05, 4.69) is 15.7 Å². The minimum Gasteiger partial charge on any atom is -0.335 e. The molecule has 2 aliphatic rings. The zero-order chi connectivity index (χ0) is 18.8. The average molecular weight is 367 g/mol. The predicted octanol–water partition coefficient (Wildman–Crippen LogP) is 2.66. The Morgan fingerprint density at radius 3 is 2.78 bits per heavy atom. The van der Waals surface area contributed by atoms with Crippen molar-refractivity contribution >= 4 is 17.6 Å². The molecule has 0 unspecified atom stereocenters. The van der Waals surface area contributed by atoms with E-state index in [9.17, 15) is 9.59 Å². The van der Waals surface area contributed by atoms with Crippen LogP contribution < -0.4 is 10.6 Å². The summed E-state index contributed by atoms with van der Waals surface area (Å²) < 4.78 is 1.95. The number of para-hydroxylation sites is 1. The van der Waals surface area contributed by atoms with E-state index in [1.807, 2.05) is 46.8 Å². The summed E-state index contributed by atoms with van der Waals surface area (Å²) in [4.78, 5) is 26.5. The molecular weight excluding hydrogens is 342 g/mol. The molecule has 2 heterocycles. The molecule has 27 heavy (non-hydrogen) atoms. The van der Waals surface area contributed by atoms with Crippen LogP contribution in [0.3, 0.4) is 0 Å². The number of nitrogens with zero attached hydrogens (tertiary/aromatic N) is 3. The summed E-state index contributed by atoms with van der Waals surface area (Å²) >= 11 is 0. The minimum absolute atomic E-state index is 0.228. The Balaban J connectivity index is 1.32. The van der Waals surface area contributed by atoms with Crippen molar-refractivity contribution in [2.24, 2.45) is 5.92 Å². The van der Waals surface area contributed by atoms with Crippen molar-refractivity contribution in [3.05, 3.63) is 47.3 Å². The zero-order valence-electron chi connectivity index (χ0n) is 15.6. The number of fused-ring (bicyclic) bond motifs is 1. The Kier molecular flexibility index (Phi) is 4.83. The standard InChI is InChI=1S/C20H25N5O2/c1-14-5-2-3-8-18(14)22-20(27)21-12-16-11-17-13-24(9-10-25(17)23-16)19(26)15-6-4-7-15/h2-3,5,8,11,15H,4,6-7,9-10,12-13H2,1H3,(H2,21,22,27). The molecule has 7 heteroatoms. The van der Waals surface area contributed by atoms with Crippen LogP contribution in [-0.4, -0.2) is 33.2 Å². The van der Waals surface area contributed by atoms with E-state index in [1.54, 1.807) is 0 Å². The number of hydrogen-bond acceptors (Lipinski definition) is 3. The van der Waals surface area contributed by atoms with Gasteiger partial charge >= 0.3 is 6.03 Å². The van der Waals surface area contributed by atoms with Gasteiger partial charge in [0.2, 0.25) is 5.91 Å². The van der Waals surface area contributed by atoms with E-state index in [4.69, 9.17) is 0 Å². The number of anilines is 1. The highest BCUT2D eigenvalue weighted by Crippen LogP contribution is 2.29. The summed E-state index contributed by atoms with van der Waals surface area (Å²) in [5.74, 6) is 0.511. The molecule has 3 amide bonds. The van der Waals surface area contributed by atoms with Crippen LogP contribution in [0.25, 0.3) is 0 Å². The van der Waals surface area contributed by atoms with Crippen LogP contribution in [0.1, 0.15) is 36.2 Å². The van der Waals surface area contributed by atoms with Crippen LogP contribution >= 0.6 is 0 Å². The number of carbonyl (C=O) groups is 2. The van der Waals surface area contributed by atoms with E-state index in [-0.39, 0.29) is 17.9 Å². The van der Waals surface area contributed by atoms with Gasteiger partial charge in [0.05, 0.1) is 31.0 Å². The van der Waals surface area contributed by atoms with Crippen molar-refractivity contribution in [1.29, 1.82) is 0 Å². The highest BCUT2D eigenvalue weighted by atomic mass is 16.2. The van der Waals surface area contributed by atoms with E-state index in [0.717, 1.165) is 35.5 Å². The molecule has 1 saturated carbocycles. The Morgan fingerprint density at radius 1 is 1.22 bits per heavy atom. The van der Waals surface area contributed by atoms with Gasteiger partial charge in [-0.3, -0.25) is 9.48 Å². The topological polar surface area (TPSA) is 79.3 Å². The highest BCUT2D eigenvalue weighted by Gasteiger charge is 2.31. The molecule has 0 atom stereocenters. The molecule has 1 fully saturated rings. The van der Waals surface area contributed by atoms with Gasteiger partial charge in [-0.1, -0.05) is 24.6 Å². The van der Waals surface area contributed by atoms with Crippen molar-refractivity contribution in [3.8, 4) is 0 Å². The number of nitrogens with one attached hydrogen (secondary N) is 2. The van der Waals surface area contributed by atoms with Gasteiger partial charge in [0, 0.05) is 18.2 Å². The van der Waals surface area contributed by atoms with Gasteiger partial charge < -0.3 is 15.5 Å². The van der Waals surface area contributed by atoms with E-state index >= 15 is 0 Å². The third kappa shape index (κ3) is 3.82. The van der Waals surface area contributed by atoms with Crippen molar-refractivity contribution in [3.63, 3.8) is 0 Å². The Morgan fingerprint density at radius 2 is 2.04 bits per heavy atom. The molecule has 1 aliphatic heterocycles. The normalized spacial score (nSPS) is 16.4. The van der Waals surface area contributed by atoms with Crippen LogP contribution in [0.2, 0.25) is 0 Å². The predicted molar refractivity (Wildman–Crippen MR) is 102 cm³/mol. The van der Waals surface area contributed by atoms with Gasteiger partial charge in [-0.15, -0.1) is 0 Å². The number of aromatic nitrogens is 2. The fourth-order valence-electron chi connectivity index (χ4n) is 3.56. The van der Waals surface area contributed by atoms with Crippen molar-refractivity contribution in [1.82, 2.24) is 20.0 Å². The Labute approximate surface area is 158 Å². The molecule has 0 radical (unpaired) electrons. The first-order valence-corrected chi connectivity index (χ1v) is 9.55. The molecule has 2 N–H and O–H groups in total. The lowest BCUT2D eigenvalue weighted by atomic mass is 9.84. The molecule has 4 rings (SSSR count). The van der Waals surface area contributed by atoms with Crippen LogP contribution in [-0.2, 0) is 24.4 Å². The lowest BCUT2D eigenvalue weighted by Gasteiger charge is -2.34.